The van der Waals surface area contributed by atoms with E-state index in [-0.39, 0.29) is 11.9 Å². The number of carbonyl (C=O) groups is 1. The van der Waals surface area contributed by atoms with E-state index >= 15 is 0 Å². The van der Waals surface area contributed by atoms with Crippen LogP contribution in [0.4, 0.5) is 5.13 Å². The van der Waals surface area contributed by atoms with E-state index in [1.165, 1.54) is 11.3 Å². The second-order valence-electron chi connectivity index (χ2n) is 7.30. The van der Waals surface area contributed by atoms with Crippen molar-refractivity contribution in [2.75, 3.05) is 31.1 Å². The van der Waals surface area contributed by atoms with Crippen molar-refractivity contribution in [3.63, 3.8) is 0 Å². The fraction of sp³-hybridized carbons (Fsp3) is 0.476. The van der Waals surface area contributed by atoms with Crippen LogP contribution >= 0.6 is 22.9 Å². The fourth-order valence-corrected chi connectivity index (χ4v) is 4.59. The van der Waals surface area contributed by atoms with Crippen LogP contribution in [0.15, 0.2) is 24.3 Å². The third-order valence-corrected chi connectivity index (χ3v) is 6.26. The molecule has 3 rings (SSSR count). The number of fused-ring (bicyclic) bond motifs is 1. The minimum Gasteiger partial charge on any atom is -0.302 e. The summed E-state index contributed by atoms with van der Waals surface area (Å²) in [5, 5.41) is 5.90. The van der Waals surface area contributed by atoms with Crippen molar-refractivity contribution >= 4 is 44.2 Å². The summed E-state index contributed by atoms with van der Waals surface area (Å²) in [6.07, 6.45) is 0. The molecule has 156 valence electrons. The topological polar surface area (TPSA) is 54.3 Å². The number of hydrogen-bond donors (Lipinski definition) is 0. The van der Waals surface area contributed by atoms with Gasteiger partial charge in [-0.25, -0.2) is 4.98 Å². The number of nitrogens with zero attached hydrogens (tertiary/aromatic N) is 5. The summed E-state index contributed by atoms with van der Waals surface area (Å²) in [5.74, 6) is -0.121. The van der Waals surface area contributed by atoms with Crippen molar-refractivity contribution in [2.45, 2.75) is 40.7 Å². The number of anilines is 1. The third-order valence-electron chi connectivity index (χ3n) is 4.98. The van der Waals surface area contributed by atoms with Crippen LogP contribution in [0, 0.1) is 6.92 Å². The van der Waals surface area contributed by atoms with E-state index < -0.39 is 0 Å². The molecule has 0 radical (unpaired) electrons. The first kappa shape index (κ1) is 21.7. The lowest BCUT2D eigenvalue weighted by Gasteiger charge is -2.24. The predicted octanol–water partition coefficient (Wildman–Crippen LogP) is 5.02. The second-order valence-corrected chi connectivity index (χ2v) is 8.75. The largest absolute Gasteiger partial charge is 0.302 e. The Kier molecular flexibility index (Phi) is 6.93. The van der Waals surface area contributed by atoms with Crippen molar-refractivity contribution < 1.29 is 4.79 Å². The number of likely N-dealkylation sites (N-methyl/N-ethyl adjacent to an activating group) is 1. The SMILES string of the molecule is CCN(CC)CCN(C(=O)c1cc(C)n(C(C)C)n1)c1nc2ccc(Cl)cc2s1. The van der Waals surface area contributed by atoms with Crippen LogP contribution in [-0.2, 0) is 0 Å². The lowest BCUT2D eigenvalue weighted by atomic mass is 10.3. The quantitative estimate of drug-likeness (QED) is 0.500. The van der Waals surface area contributed by atoms with Gasteiger partial charge < -0.3 is 4.90 Å². The van der Waals surface area contributed by atoms with E-state index in [0.29, 0.717) is 22.4 Å². The van der Waals surface area contributed by atoms with Crippen LogP contribution in [0.3, 0.4) is 0 Å². The highest BCUT2D eigenvalue weighted by atomic mass is 35.5. The number of aromatic nitrogens is 3. The van der Waals surface area contributed by atoms with Gasteiger partial charge in [0.15, 0.2) is 10.8 Å². The van der Waals surface area contributed by atoms with Gasteiger partial charge in [-0.3, -0.25) is 14.4 Å². The molecule has 0 aliphatic carbocycles. The van der Waals surface area contributed by atoms with Gasteiger partial charge in [0.05, 0.1) is 10.2 Å². The molecule has 2 aromatic heterocycles. The molecule has 0 N–H and O–H groups in total. The van der Waals surface area contributed by atoms with E-state index in [1.807, 2.05) is 35.9 Å². The van der Waals surface area contributed by atoms with Crippen molar-refractivity contribution in [3.05, 3.63) is 40.7 Å². The van der Waals surface area contributed by atoms with Gasteiger partial charge in [-0.15, -0.1) is 0 Å². The highest BCUT2D eigenvalue weighted by Gasteiger charge is 2.25. The highest BCUT2D eigenvalue weighted by molar-refractivity contribution is 7.22. The first-order valence-electron chi connectivity index (χ1n) is 10.0. The minimum atomic E-state index is -0.121. The summed E-state index contributed by atoms with van der Waals surface area (Å²) < 4.78 is 2.85. The summed E-state index contributed by atoms with van der Waals surface area (Å²) in [7, 11) is 0. The number of halogens is 1. The molecule has 0 spiro atoms. The number of thiazole rings is 1. The maximum Gasteiger partial charge on any atom is 0.280 e. The van der Waals surface area contributed by atoms with Gasteiger partial charge in [-0.2, -0.15) is 5.10 Å². The van der Waals surface area contributed by atoms with Crippen LogP contribution in [0.25, 0.3) is 10.2 Å². The van der Waals surface area contributed by atoms with E-state index in [1.54, 1.807) is 4.90 Å². The number of hydrogen-bond acceptors (Lipinski definition) is 5. The molecule has 29 heavy (non-hydrogen) atoms. The van der Waals surface area contributed by atoms with E-state index in [2.05, 4.69) is 37.7 Å². The average Bonchev–Trinajstić information content (AvgIpc) is 3.28. The third kappa shape index (κ3) is 4.79. The number of carbonyl (C=O) groups excluding carboxylic acids is 1. The van der Waals surface area contributed by atoms with E-state index in [4.69, 9.17) is 16.6 Å². The number of benzene rings is 1. The number of amides is 1. The Balaban J connectivity index is 1.97. The summed E-state index contributed by atoms with van der Waals surface area (Å²) in [6, 6.07) is 7.66. The lowest BCUT2D eigenvalue weighted by molar-refractivity contribution is 0.0978. The van der Waals surface area contributed by atoms with E-state index in [9.17, 15) is 4.79 Å². The molecular formula is C21H28ClN5OS. The van der Waals surface area contributed by atoms with Crippen LogP contribution in [-0.4, -0.2) is 51.8 Å². The Bertz CT molecular complexity index is 992. The molecule has 0 aliphatic heterocycles. The van der Waals surface area contributed by atoms with Gasteiger partial charge in [0.1, 0.15) is 0 Å². The standard InChI is InChI=1S/C21H28ClN5OS/c1-6-25(7-2)10-11-26(20(28)18-12-15(5)27(24-18)14(3)4)21-23-17-9-8-16(22)13-19(17)29-21/h8-9,12-14H,6-7,10-11H2,1-5H3. The summed E-state index contributed by atoms with van der Waals surface area (Å²) in [6.45, 7) is 13.6. The molecule has 0 fully saturated rings. The second kappa shape index (κ2) is 9.24. The highest BCUT2D eigenvalue weighted by Crippen LogP contribution is 2.31. The Labute approximate surface area is 181 Å². The molecule has 1 aromatic carbocycles. The Morgan fingerprint density at radius 1 is 1.21 bits per heavy atom. The zero-order valence-electron chi connectivity index (χ0n) is 17.6. The monoisotopic (exact) mass is 433 g/mol. The Hall–Kier alpha value is -1.96. The predicted molar refractivity (Wildman–Crippen MR) is 121 cm³/mol. The average molecular weight is 434 g/mol. The smallest absolute Gasteiger partial charge is 0.280 e. The van der Waals surface area contributed by atoms with Crippen LogP contribution in [0.2, 0.25) is 5.02 Å². The zero-order chi connectivity index (χ0) is 21.1. The molecule has 8 heteroatoms. The number of rotatable bonds is 8. The maximum atomic E-state index is 13.4. The molecular weight excluding hydrogens is 406 g/mol. The Morgan fingerprint density at radius 3 is 2.55 bits per heavy atom. The van der Waals surface area contributed by atoms with Gasteiger partial charge in [-0.1, -0.05) is 36.8 Å². The molecule has 0 saturated heterocycles. The zero-order valence-corrected chi connectivity index (χ0v) is 19.2. The molecule has 1 amide bonds. The van der Waals surface area contributed by atoms with E-state index in [0.717, 1.165) is 35.5 Å². The summed E-state index contributed by atoms with van der Waals surface area (Å²) >= 11 is 7.62. The van der Waals surface area contributed by atoms with Crippen molar-refractivity contribution in [1.29, 1.82) is 0 Å². The molecule has 0 atom stereocenters. The first-order valence-corrected chi connectivity index (χ1v) is 11.2. The molecule has 3 aromatic rings. The molecule has 0 unspecified atom stereocenters. The van der Waals surface area contributed by atoms with Crippen LogP contribution in [0.5, 0.6) is 0 Å². The van der Waals surface area contributed by atoms with Crippen molar-refractivity contribution in [2.24, 2.45) is 0 Å². The summed E-state index contributed by atoms with van der Waals surface area (Å²) in [5.41, 5.74) is 2.27. The molecule has 6 nitrogen and oxygen atoms in total. The number of aryl methyl sites for hydroxylation is 1. The van der Waals surface area contributed by atoms with Crippen LogP contribution < -0.4 is 4.90 Å². The van der Waals surface area contributed by atoms with Crippen LogP contribution in [0.1, 0.15) is 49.9 Å². The fourth-order valence-electron chi connectivity index (χ4n) is 3.32. The molecule has 0 bridgehead atoms. The summed E-state index contributed by atoms with van der Waals surface area (Å²) in [4.78, 5) is 22.2. The molecule has 2 heterocycles. The minimum absolute atomic E-state index is 0.121. The normalized spacial score (nSPS) is 11.7. The maximum absolute atomic E-state index is 13.4. The Morgan fingerprint density at radius 2 is 1.93 bits per heavy atom. The van der Waals surface area contributed by atoms with Crippen molar-refractivity contribution in [1.82, 2.24) is 19.7 Å². The lowest BCUT2D eigenvalue weighted by Crippen LogP contribution is -2.39. The van der Waals surface area contributed by atoms with Gasteiger partial charge in [0.2, 0.25) is 0 Å². The first-order chi connectivity index (χ1) is 13.8. The van der Waals surface area contributed by atoms with Crippen molar-refractivity contribution in [3.8, 4) is 0 Å². The van der Waals surface area contributed by atoms with Gasteiger partial charge in [0, 0.05) is 29.8 Å². The molecule has 0 saturated carbocycles. The van der Waals surface area contributed by atoms with Gasteiger partial charge in [0.25, 0.3) is 5.91 Å². The van der Waals surface area contributed by atoms with Gasteiger partial charge in [-0.05, 0) is 58.1 Å². The molecule has 0 aliphatic rings. The van der Waals surface area contributed by atoms with Gasteiger partial charge >= 0.3 is 0 Å².